The molecule has 2 aromatic rings. The van der Waals surface area contributed by atoms with Gasteiger partial charge in [-0.3, -0.25) is 4.79 Å². The van der Waals surface area contributed by atoms with Crippen molar-refractivity contribution in [3.63, 3.8) is 0 Å². The Morgan fingerprint density at radius 3 is 2.21 bits per heavy atom. The zero-order valence-corrected chi connectivity index (χ0v) is 15.0. The second kappa shape index (κ2) is 7.62. The Kier molecular flexibility index (Phi) is 5.78. The normalized spacial score (nSPS) is 14.0. The van der Waals surface area contributed by atoms with Gasteiger partial charge in [0.2, 0.25) is 5.91 Å². The number of benzene rings is 2. The summed E-state index contributed by atoms with van der Waals surface area (Å²) in [6, 6.07) is 16.5. The van der Waals surface area contributed by atoms with Crippen LogP contribution in [-0.4, -0.2) is 19.6 Å². The van der Waals surface area contributed by atoms with Gasteiger partial charge in [0, 0.05) is 0 Å². The summed E-state index contributed by atoms with van der Waals surface area (Å²) >= 11 is 0. The fourth-order valence-electron chi connectivity index (χ4n) is 2.43. The van der Waals surface area contributed by atoms with Gasteiger partial charge in [-0.2, -0.15) is 0 Å². The number of rotatable bonds is 6. The molecule has 2 aromatic carbocycles. The molecule has 24 heavy (non-hydrogen) atoms. The third-order valence-corrected chi connectivity index (χ3v) is 6.19. The van der Waals surface area contributed by atoms with Gasteiger partial charge in [0.15, 0.2) is 9.84 Å². The van der Waals surface area contributed by atoms with Crippen molar-refractivity contribution < 1.29 is 13.2 Å². The average molecular weight is 345 g/mol. The molecule has 0 aliphatic rings. The summed E-state index contributed by atoms with van der Waals surface area (Å²) < 4.78 is 25.1. The van der Waals surface area contributed by atoms with Gasteiger partial charge in [0.25, 0.3) is 0 Å². The predicted octanol–water partition coefficient (Wildman–Crippen LogP) is 3.18. The Hall–Kier alpha value is -2.14. The molecule has 0 bridgehead atoms. The Morgan fingerprint density at radius 2 is 1.58 bits per heavy atom. The Labute approximate surface area is 143 Å². The lowest BCUT2D eigenvalue weighted by molar-refractivity contribution is -0.121. The quantitative estimate of drug-likeness (QED) is 0.874. The zero-order chi connectivity index (χ0) is 17.7. The molecule has 1 N–H and O–H groups in total. The van der Waals surface area contributed by atoms with Gasteiger partial charge in [0.1, 0.15) is 5.25 Å². The van der Waals surface area contributed by atoms with Gasteiger partial charge < -0.3 is 5.32 Å². The third kappa shape index (κ3) is 4.45. The van der Waals surface area contributed by atoms with Crippen molar-refractivity contribution in [2.45, 2.75) is 37.8 Å². The second-order valence-corrected chi connectivity index (χ2v) is 8.34. The number of hydrogen-bond donors (Lipinski definition) is 1. The van der Waals surface area contributed by atoms with Crippen LogP contribution in [0.1, 0.15) is 36.6 Å². The molecular weight excluding hydrogens is 322 g/mol. The summed E-state index contributed by atoms with van der Waals surface area (Å²) in [6.07, 6.45) is 0. The van der Waals surface area contributed by atoms with E-state index in [1.165, 1.54) is 6.92 Å². The highest BCUT2D eigenvalue weighted by molar-refractivity contribution is 7.92. The Morgan fingerprint density at radius 1 is 1.00 bits per heavy atom. The monoisotopic (exact) mass is 345 g/mol. The summed E-state index contributed by atoms with van der Waals surface area (Å²) in [7, 11) is -3.57. The maximum absolute atomic E-state index is 12.6. The molecule has 0 saturated carbocycles. The van der Waals surface area contributed by atoms with Crippen molar-refractivity contribution in [2.24, 2.45) is 0 Å². The van der Waals surface area contributed by atoms with Crippen LogP contribution in [0.25, 0.3) is 0 Å². The van der Waals surface area contributed by atoms with E-state index in [4.69, 9.17) is 0 Å². The highest BCUT2D eigenvalue weighted by Crippen LogP contribution is 2.17. The largest absolute Gasteiger partial charge is 0.348 e. The smallest absolute Gasteiger partial charge is 0.238 e. The molecule has 0 fully saturated rings. The molecule has 128 valence electrons. The van der Waals surface area contributed by atoms with E-state index in [-0.39, 0.29) is 11.8 Å². The van der Waals surface area contributed by atoms with Gasteiger partial charge >= 0.3 is 0 Å². The SMILES string of the molecule is Cc1ccccc1CS(=O)(=O)[C@H](C)C(=O)N[C@H](C)c1ccccc1. The molecule has 0 aromatic heterocycles. The van der Waals surface area contributed by atoms with Gasteiger partial charge in [-0.25, -0.2) is 8.42 Å². The van der Waals surface area contributed by atoms with Crippen LogP contribution < -0.4 is 5.32 Å². The lowest BCUT2D eigenvalue weighted by atomic mass is 10.1. The Balaban J connectivity index is 2.07. The van der Waals surface area contributed by atoms with Gasteiger partial charge in [-0.15, -0.1) is 0 Å². The van der Waals surface area contributed by atoms with Crippen LogP contribution in [0.5, 0.6) is 0 Å². The molecule has 0 spiro atoms. The van der Waals surface area contributed by atoms with Crippen LogP contribution in [0.15, 0.2) is 54.6 Å². The van der Waals surface area contributed by atoms with Crippen LogP contribution in [-0.2, 0) is 20.4 Å². The van der Waals surface area contributed by atoms with E-state index < -0.39 is 21.0 Å². The number of aryl methyl sites for hydroxylation is 1. The van der Waals surface area contributed by atoms with Crippen LogP contribution in [0, 0.1) is 6.92 Å². The van der Waals surface area contributed by atoms with Crippen molar-refractivity contribution in [3.8, 4) is 0 Å². The molecular formula is C19H23NO3S. The Bertz CT molecular complexity index is 800. The lowest BCUT2D eigenvalue weighted by Crippen LogP contribution is -2.39. The molecule has 4 nitrogen and oxygen atoms in total. The zero-order valence-electron chi connectivity index (χ0n) is 14.2. The summed E-state index contributed by atoms with van der Waals surface area (Å²) in [4.78, 5) is 12.4. The number of carbonyl (C=O) groups is 1. The molecule has 2 rings (SSSR count). The van der Waals surface area contributed by atoms with E-state index in [0.29, 0.717) is 0 Å². The number of hydrogen-bond acceptors (Lipinski definition) is 3. The minimum absolute atomic E-state index is 0.131. The minimum Gasteiger partial charge on any atom is -0.348 e. The maximum atomic E-state index is 12.6. The first kappa shape index (κ1) is 18.2. The topological polar surface area (TPSA) is 63.2 Å². The molecule has 0 aliphatic heterocycles. The van der Waals surface area contributed by atoms with Crippen molar-refractivity contribution in [2.75, 3.05) is 0 Å². The van der Waals surface area contributed by atoms with Gasteiger partial charge in [-0.05, 0) is 37.5 Å². The summed E-state index contributed by atoms with van der Waals surface area (Å²) in [5.74, 6) is -0.603. The van der Waals surface area contributed by atoms with E-state index in [2.05, 4.69) is 5.32 Å². The van der Waals surface area contributed by atoms with Crippen molar-refractivity contribution in [1.82, 2.24) is 5.32 Å². The number of sulfone groups is 1. The number of amides is 1. The summed E-state index contributed by atoms with van der Waals surface area (Å²) in [6.45, 7) is 5.15. The molecule has 5 heteroatoms. The van der Waals surface area contributed by atoms with Crippen LogP contribution in [0.2, 0.25) is 0 Å². The summed E-state index contributed by atoms with van der Waals surface area (Å²) in [5.41, 5.74) is 2.58. The van der Waals surface area contributed by atoms with Crippen LogP contribution in [0.4, 0.5) is 0 Å². The molecule has 2 atom stereocenters. The molecule has 0 unspecified atom stereocenters. The molecule has 0 radical (unpaired) electrons. The highest BCUT2D eigenvalue weighted by atomic mass is 32.2. The van der Waals surface area contributed by atoms with Crippen LogP contribution in [0.3, 0.4) is 0 Å². The number of carbonyl (C=O) groups excluding carboxylic acids is 1. The molecule has 0 aliphatic carbocycles. The minimum atomic E-state index is -3.57. The lowest BCUT2D eigenvalue weighted by Gasteiger charge is -2.18. The third-order valence-electron chi connectivity index (χ3n) is 4.18. The van der Waals surface area contributed by atoms with E-state index >= 15 is 0 Å². The van der Waals surface area contributed by atoms with E-state index in [9.17, 15) is 13.2 Å². The number of nitrogens with one attached hydrogen (secondary N) is 1. The van der Waals surface area contributed by atoms with E-state index in [0.717, 1.165) is 16.7 Å². The highest BCUT2D eigenvalue weighted by Gasteiger charge is 2.29. The van der Waals surface area contributed by atoms with Gasteiger partial charge in [-0.1, -0.05) is 54.6 Å². The van der Waals surface area contributed by atoms with E-state index in [1.807, 2.05) is 56.3 Å². The standard InChI is InChI=1S/C19H23NO3S/c1-14-9-7-8-12-18(14)13-24(22,23)16(3)19(21)20-15(2)17-10-5-4-6-11-17/h4-12,15-16H,13H2,1-3H3,(H,20,21)/t15-,16-/m1/s1. The predicted molar refractivity (Wildman–Crippen MR) is 96.3 cm³/mol. The molecule has 0 heterocycles. The summed E-state index contributed by atoms with van der Waals surface area (Å²) in [5, 5.41) is 1.69. The maximum Gasteiger partial charge on any atom is 0.238 e. The second-order valence-electron chi connectivity index (χ2n) is 6.02. The van der Waals surface area contributed by atoms with Crippen LogP contribution >= 0.6 is 0 Å². The molecule has 1 amide bonds. The van der Waals surface area contributed by atoms with E-state index in [1.54, 1.807) is 12.1 Å². The molecule has 0 saturated heterocycles. The average Bonchev–Trinajstić information content (AvgIpc) is 2.56. The fourth-order valence-corrected chi connectivity index (χ4v) is 3.83. The van der Waals surface area contributed by atoms with Gasteiger partial charge in [0.05, 0.1) is 11.8 Å². The first-order valence-corrected chi connectivity index (χ1v) is 9.64. The first-order chi connectivity index (χ1) is 11.3. The van der Waals surface area contributed by atoms with Crippen molar-refractivity contribution in [1.29, 1.82) is 0 Å². The van der Waals surface area contributed by atoms with Crippen molar-refractivity contribution in [3.05, 3.63) is 71.3 Å². The fraction of sp³-hybridized carbons (Fsp3) is 0.316. The van der Waals surface area contributed by atoms with Crippen molar-refractivity contribution >= 4 is 15.7 Å². The first-order valence-electron chi connectivity index (χ1n) is 7.92.